The minimum Gasteiger partial charge on any atom is -0.479 e. The second-order valence-corrected chi connectivity index (χ2v) is 7.87. The number of oxime groups is 1. The molecule has 160 valence electrons. The fraction of sp³-hybridized carbons (Fsp3) is 0.304. The van der Waals surface area contributed by atoms with Gasteiger partial charge in [0.1, 0.15) is 5.82 Å². The van der Waals surface area contributed by atoms with Gasteiger partial charge in [0, 0.05) is 12.1 Å². The second-order valence-electron chi connectivity index (χ2n) is 7.87. The topological polar surface area (TPSA) is 97.0 Å². The van der Waals surface area contributed by atoms with Crippen LogP contribution in [0.4, 0.5) is 5.69 Å². The van der Waals surface area contributed by atoms with Crippen LogP contribution in [0.5, 0.6) is 0 Å². The Morgan fingerprint density at radius 2 is 1.90 bits per heavy atom. The van der Waals surface area contributed by atoms with Crippen LogP contribution in [-0.2, 0) is 27.5 Å². The van der Waals surface area contributed by atoms with Gasteiger partial charge in [-0.3, -0.25) is 9.69 Å². The number of anilines is 1. The van der Waals surface area contributed by atoms with Crippen molar-refractivity contribution in [3.05, 3.63) is 59.9 Å². The summed E-state index contributed by atoms with van der Waals surface area (Å²) in [6.45, 7) is 4.84. The highest BCUT2D eigenvalue weighted by Crippen LogP contribution is 2.31. The number of benzene rings is 2. The SMILES string of the molecule is CC(C)CCn1c(CN2C(=O)/C(=N\OCC(=O)O)c3ccccc32)nc2ccccc21. The molecular formula is C23H24N4O4. The molecule has 2 aromatic carbocycles. The van der Waals surface area contributed by atoms with Gasteiger partial charge in [0.05, 0.1) is 23.3 Å². The Bertz CT molecular complexity index is 1170. The molecule has 1 aliphatic heterocycles. The third kappa shape index (κ3) is 4.14. The number of carbonyl (C=O) groups is 2. The quantitative estimate of drug-likeness (QED) is 0.563. The van der Waals surface area contributed by atoms with Crippen molar-refractivity contribution in [2.45, 2.75) is 33.4 Å². The summed E-state index contributed by atoms with van der Waals surface area (Å²) in [4.78, 5) is 35.2. The molecule has 0 saturated carbocycles. The zero-order valence-corrected chi connectivity index (χ0v) is 17.5. The zero-order valence-electron chi connectivity index (χ0n) is 17.5. The number of imidazole rings is 1. The van der Waals surface area contributed by atoms with E-state index in [4.69, 9.17) is 14.9 Å². The Balaban J connectivity index is 1.69. The summed E-state index contributed by atoms with van der Waals surface area (Å²) in [5.41, 5.74) is 3.34. The summed E-state index contributed by atoms with van der Waals surface area (Å²) in [6, 6.07) is 15.2. The molecule has 1 aliphatic rings. The number of aliphatic carboxylic acids is 1. The van der Waals surface area contributed by atoms with Crippen LogP contribution in [-0.4, -0.2) is 38.9 Å². The predicted octanol–water partition coefficient (Wildman–Crippen LogP) is 3.43. The van der Waals surface area contributed by atoms with Crippen LogP contribution in [0.25, 0.3) is 11.0 Å². The van der Waals surface area contributed by atoms with Crippen molar-refractivity contribution in [2.24, 2.45) is 11.1 Å². The van der Waals surface area contributed by atoms with Crippen molar-refractivity contribution >= 4 is 34.3 Å². The average molecular weight is 420 g/mol. The van der Waals surface area contributed by atoms with E-state index in [0.29, 0.717) is 17.2 Å². The first kappa shape index (κ1) is 20.6. The van der Waals surface area contributed by atoms with Crippen molar-refractivity contribution in [3.63, 3.8) is 0 Å². The van der Waals surface area contributed by atoms with E-state index in [1.807, 2.05) is 36.4 Å². The van der Waals surface area contributed by atoms with E-state index in [-0.39, 0.29) is 18.2 Å². The molecule has 0 spiro atoms. The van der Waals surface area contributed by atoms with Gasteiger partial charge in [-0.2, -0.15) is 0 Å². The molecule has 31 heavy (non-hydrogen) atoms. The van der Waals surface area contributed by atoms with Crippen molar-refractivity contribution < 1.29 is 19.5 Å². The number of hydrogen-bond donors (Lipinski definition) is 1. The minimum atomic E-state index is -1.15. The number of nitrogens with zero attached hydrogens (tertiary/aromatic N) is 4. The number of carboxylic acids is 1. The molecule has 4 rings (SSSR count). The molecule has 1 amide bonds. The second kappa shape index (κ2) is 8.59. The molecule has 8 nitrogen and oxygen atoms in total. The molecular weight excluding hydrogens is 396 g/mol. The van der Waals surface area contributed by atoms with Gasteiger partial charge in [0.25, 0.3) is 5.91 Å². The lowest BCUT2D eigenvalue weighted by molar-refractivity contribution is -0.142. The summed E-state index contributed by atoms with van der Waals surface area (Å²) in [6.07, 6.45) is 0.994. The Kier molecular flexibility index (Phi) is 5.70. The number of amides is 1. The normalized spacial score (nSPS) is 14.6. The molecule has 1 aromatic heterocycles. The number of para-hydroxylation sites is 3. The maximum Gasteiger partial charge on any atom is 0.344 e. The van der Waals surface area contributed by atoms with Crippen LogP contribution >= 0.6 is 0 Å². The monoisotopic (exact) mass is 420 g/mol. The van der Waals surface area contributed by atoms with E-state index in [2.05, 4.69) is 23.6 Å². The van der Waals surface area contributed by atoms with E-state index < -0.39 is 12.6 Å². The van der Waals surface area contributed by atoms with Gasteiger partial charge in [-0.15, -0.1) is 0 Å². The average Bonchev–Trinajstić information content (AvgIpc) is 3.22. The van der Waals surface area contributed by atoms with Gasteiger partial charge in [0.15, 0.2) is 5.71 Å². The number of fused-ring (bicyclic) bond motifs is 2. The van der Waals surface area contributed by atoms with Crippen LogP contribution in [0.1, 0.15) is 31.7 Å². The fourth-order valence-corrected chi connectivity index (χ4v) is 3.68. The van der Waals surface area contributed by atoms with Crippen LogP contribution in [0.15, 0.2) is 53.7 Å². The van der Waals surface area contributed by atoms with Gasteiger partial charge >= 0.3 is 5.97 Å². The Morgan fingerprint density at radius 1 is 1.16 bits per heavy atom. The molecule has 0 aliphatic carbocycles. The van der Waals surface area contributed by atoms with Gasteiger partial charge in [-0.25, -0.2) is 9.78 Å². The smallest absolute Gasteiger partial charge is 0.344 e. The standard InChI is InChI=1S/C23H24N4O4/c1-15(2)11-12-26-19-10-6-4-8-17(19)24-20(26)13-27-18-9-5-3-7-16(18)22(23(27)30)25-31-14-21(28)29/h3-10,15H,11-14H2,1-2H3,(H,28,29)/b25-22-. The lowest BCUT2D eigenvalue weighted by atomic mass is 10.1. The maximum absolute atomic E-state index is 13.2. The van der Waals surface area contributed by atoms with E-state index in [9.17, 15) is 9.59 Å². The molecule has 0 unspecified atom stereocenters. The first-order valence-electron chi connectivity index (χ1n) is 10.2. The maximum atomic E-state index is 13.2. The first-order chi connectivity index (χ1) is 15.0. The van der Waals surface area contributed by atoms with Gasteiger partial charge < -0.3 is 14.5 Å². The highest BCUT2D eigenvalue weighted by atomic mass is 16.6. The van der Waals surface area contributed by atoms with Crippen molar-refractivity contribution in [1.29, 1.82) is 0 Å². The minimum absolute atomic E-state index is 0.0988. The van der Waals surface area contributed by atoms with Crippen LogP contribution in [0, 0.1) is 5.92 Å². The van der Waals surface area contributed by atoms with E-state index in [0.717, 1.165) is 29.8 Å². The Labute approximate surface area is 179 Å². The largest absolute Gasteiger partial charge is 0.479 e. The van der Waals surface area contributed by atoms with Crippen molar-refractivity contribution in [3.8, 4) is 0 Å². The molecule has 0 radical (unpaired) electrons. The third-order valence-corrected chi connectivity index (χ3v) is 5.20. The van der Waals surface area contributed by atoms with Gasteiger partial charge in [0.2, 0.25) is 6.61 Å². The summed E-state index contributed by atoms with van der Waals surface area (Å²) in [7, 11) is 0. The predicted molar refractivity (Wildman–Crippen MR) is 117 cm³/mol. The lowest BCUT2D eigenvalue weighted by Gasteiger charge is -2.18. The Hall–Kier alpha value is -3.68. The van der Waals surface area contributed by atoms with Crippen LogP contribution in [0.3, 0.4) is 0 Å². The lowest BCUT2D eigenvalue weighted by Crippen LogP contribution is -2.31. The Morgan fingerprint density at radius 3 is 2.68 bits per heavy atom. The van der Waals surface area contributed by atoms with Gasteiger partial charge in [-0.05, 0) is 30.5 Å². The molecule has 2 heterocycles. The zero-order chi connectivity index (χ0) is 22.0. The molecule has 1 N–H and O–H groups in total. The number of carboxylic acid groups (broad SMARTS) is 1. The first-order valence-corrected chi connectivity index (χ1v) is 10.2. The van der Waals surface area contributed by atoms with Crippen LogP contribution < -0.4 is 4.90 Å². The molecule has 0 saturated heterocycles. The molecule has 0 atom stereocenters. The molecule has 0 fully saturated rings. The summed E-state index contributed by atoms with van der Waals surface area (Å²) in [5, 5.41) is 12.6. The number of aromatic nitrogens is 2. The van der Waals surface area contributed by atoms with Crippen LogP contribution in [0.2, 0.25) is 0 Å². The highest BCUT2D eigenvalue weighted by molar-refractivity contribution is 6.54. The van der Waals surface area contributed by atoms with E-state index in [1.165, 1.54) is 0 Å². The third-order valence-electron chi connectivity index (χ3n) is 5.20. The molecule has 3 aromatic rings. The number of hydrogen-bond acceptors (Lipinski definition) is 5. The molecule has 8 heteroatoms. The highest BCUT2D eigenvalue weighted by Gasteiger charge is 2.35. The summed E-state index contributed by atoms with van der Waals surface area (Å²) >= 11 is 0. The number of carbonyl (C=O) groups excluding carboxylic acids is 1. The number of rotatable bonds is 8. The molecule has 0 bridgehead atoms. The van der Waals surface area contributed by atoms with Crippen molar-refractivity contribution in [2.75, 3.05) is 11.5 Å². The summed E-state index contributed by atoms with van der Waals surface area (Å²) < 4.78 is 2.17. The van der Waals surface area contributed by atoms with Gasteiger partial charge in [-0.1, -0.05) is 49.3 Å². The fourth-order valence-electron chi connectivity index (χ4n) is 3.68. The van der Waals surface area contributed by atoms with E-state index >= 15 is 0 Å². The van der Waals surface area contributed by atoms with Crippen molar-refractivity contribution in [1.82, 2.24) is 9.55 Å². The number of aryl methyl sites for hydroxylation is 1. The van der Waals surface area contributed by atoms with E-state index in [1.54, 1.807) is 17.0 Å². The summed E-state index contributed by atoms with van der Waals surface area (Å²) in [5.74, 6) is -0.168.